The highest BCUT2D eigenvalue weighted by molar-refractivity contribution is 5.92. The minimum Gasteiger partial charge on any atom is -0.355 e. The fourth-order valence-electron chi connectivity index (χ4n) is 6.32. The topological polar surface area (TPSA) is 37.7 Å². The van der Waals surface area contributed by atoms with Crippen molar-refractivity contribution in [2.24, 2.45) is 0 Å². The van der Waals surface area contributed by atoms with Crippen LogP contribution in [0.3, 0.4) is 0 Å². The smallest absolute Gasteiger partial charge is 0.147 e. The van der Waals surface area contributed by atoms with Gasteiger partial charge in [-0.15, -0.1) is 0 Å². The first-order chi connectivity index (χ1) is 19.1. The Kier molecular flexibility index (Phi) is 7.55. The van der Waals surface area contributed by atoms with Gasteiger partial charge in [0.25, 0.3) is 0 Å². The Labute approximate surface area is 227 Å². The highest BCUT2D eigenvalue weighted by Gasteiger charge is 2.30. The molecule has 0 N–H and O–H groups in total. The van der Waals surface area contributed by atoms with Gasteiger partial charge in [-0.05, 0) is 61.2 Å². The van der Waals surface area contributed by atoms with Crippen LogP contribution >= 0.6 is 0 Å². The maximum atomic E-state index is 14.5. The van der Waals surface area contributed by atoms with E-state index in [4.69, 9.17) is 4.74 Å². The first-order valence-corrected chi connectivity index (χ1v) is 13.7. The third-order valence-electron chi connectivity index (χ3n) is 8.19. The highest BCUT2D eigenvalue weighted by Crippen LogP contribution is 2.39. The van der Waals surface area contributed by atoms with Crippen LogP contribution in [-0.2, 0) is 16.1 Å². The Morgan fingerprint density at radius 2 is 1.56 bits per heavy atom. The van der Waals surface area contributed by atoms with Crippen molar-refractivity contribution in [3.05, 3.63) is 95.6 Å². The summed E-state index contributed by atoms with van der Waals surface area (Å²) >= 11 is 0. The molecule has 1 atom stereocenters. The van der Waals surface area contributed by atoms with E-state index in [9.17, 15) is 13.6 Å². The number of ether oxygens (including phenoxy) is 1. The fraction of sp³-hybridized carbons (Fsp3) is 0.344. The lowest BCUT2D eigenvalue weighted by molar-refractivity contribution is -0.112. The molecule has 1 aromatic heterocycles. The number of piperidine rings is 1. The summed E-state index contributed by atoms with van der Waals surface area (Å²) in [7, 11) is 0. The molecule has 3 aromatic carbocycles. The molecule has 0 spiro atoms. The second-order valence-corrected chi connectivity index (χ2v) is 10.5. The summed E-state index contributed by atoms with van der Waals surface area (Å²) in [5.74, 6) is -1.00. The molecule has 0 amide bonds. The average molecular weight is 530 g/mol. The number of carbonyl (C=O) groups excluding carboxylic acids is 1. The molecular formula is C32H33F2N3O2. The van der Waals surface area contributed by atoms with Gasteiger partial charge in [0.1, 0.15) is 24.1 Å². The van der Waals surface area contributed by atoms with Gasteiger partial charge in [-0.1, -0.05) is 54.6 Å². The standard InChI is InChI=1S/C32H33F2N3O2/c33-27-10-6-11-28(34)31(27)23-13-15-35(16-14-23)21-26-25-9-4-5-12-29(25)37(32(26)24-7-2-1-3-8-24)30-22-36(17-19-38)18-20-39-30/h1-12,19,23,30H,13-18,20-22H2. The third-order valence-corrected chi connectivity index (χ3v) is 8.19. The number of carbonyl (C=O) groups is 1. The quantitative estimate of drug-likeness (QED) is 0.276. The minimum absolute atomic E-state index is 0.114. The number of para-hydroxylation sites is 1. The van der Waals surface area contributed by atoms with Gasteiger partial charge in [0.15, 0.2) is 0 Å². The summed E-state index contributed by atoms with van der Waals surface area (Å²) in [5.41, 5.74) is 4.80. The van der Waals surface area contributed by atoms with Gasteiger partial charge in [0.05, 0.1) is 24.4 Å². The molecule has 1 unspecified atom stereocenters. The van der Waals surface area contributed by atoms with Crippen LogP contribution < -0.4 is 0 Å². The van der Waals surface area contributed by atoms with Crippen LogP contribution in [0.2, 0.25) is 0 Å². The largest absolute Gasteiger partial charge is 0.355 e. The fourth-order valence-corrected chi connectivity index (χ4v) is 6.32. The van der Waals surface area contributed by atoms with Crippen molar-refractivity contribution >= 4 is 17.2 Å². The number of benzene rings is 3. The molecular weight excluding hydrogens is 496 g/mol. The molecule has 39 heavy (non-hydrogen) atoms. The van der Waals surface area contributed by atoms with Crippen LogP contribution in [0, 0.1) is 11.6 Å². The van der Waals surface area contributed by atoms with Crippen molar-refractivity contribution in [2.75, 3.05) is 39.3 Å². The average Bonchev–Trinajstić information content (AvgIpc) is 3.29. The van der Waals surface area contributed by atoms with Crippen molar-refractivity contribution in [3.8, 4) is 11.3 Å². The van der Waals surface area contributed by atoms with Crippen LogP contribution in [0.25, 0.3) is 22.2 Å². The van der Waals surface area contributed by atoms with E-state index in [1.165, 1.54) is 29.1 Å². The molecule has 3 heterocycles. The van der Waals surface area contributed by atoms with E-state index in [-0.39, 0.29) is 17.7 Å². The molecule has 2 saturated heterocycles. The van der Waals surface area contributed by atoms with Crippen LogP contribution in [0.4, 0.5) is 8.78 Å². The molecule has 202 valence electrons. The predicted octanol–water partition coefficient (Wildman–Crippen LogP) is 6.00. The van der Waals surface area contributed by atoms with Gasteiger partial charge < -0.3 is 14.1 Å². The van der Waals surface area contributed by atoms with E-state index < -0.39 is 11.6 Å². The molecule has 2 aliphatic heterocycles. The molecule has 7 heteroatoms. The predicted molar refractivity (Wildman–Crippen MR) is 148 cm³/mol. The van der Waals surface area contributed by atoms with E-state index in [1.807, 2.05) is 6.07 Å². The van der Waals surface area contributed by atoms with Gasteiger partial charge in [0, 0.05) is 30.6 Å². The first-order valence-electron chi connectivity index (χ1n) is 13.7. The summed E-state index contributed by atoms with van der Waals surface area (Å²) in [4.78, 5) is 15.8. The van der Waals surface area contributed by atoms with Gasteiger partial charge >= 0.3 is 0 Å². The molecule has 0 radical (unpaired) electrons. The number of fused-ring (bicyclic) bond motifs is 1. The van der Waals surface area contributed by atoms with Gasteiger partial charge in [-0.3, -0.25) is 9.80 Å². The Morgan fingerprint density at radius 1 is 0.846 bits per heavy atom. The SMILES string of the molecule is O=CCN1CCOC(n2c(-c3ccccc3)c(CN3CCC(c4c(F)cccc4F)CC3)c3ccccc32)C1. The van der Waals surface area contributed by atoms with Crippen LogP contribution in [0.5, 0.6) is 0 Å². The lowest BCUT2D eigenvalue weighted by atomic mass is 9.88. The monoisotopic (exact) mass is 529 g/mol. The van der Waals surface area contributed by atoms with E-state index in [0.717, 1.165) is 49.2 Å². The molecule has 0 saturated carbocycles. The lowest BCUT2D eigenvalue weighted by Crippen LogP contribution is -2.41. The molecule has 0 aliphatic carbocycles. The van der Waals surface area contributed by atoms with Crippen LogP contribution in [0.1, 0.15) is 36.1 Å². The summed E-state index contributed by atoms with van der Waals surface area (Å²) in [5, 5.41) is 1.18. The van der Waals surface area contributed by atoms with Gasteiger partial charge in [-0.2, -0.15) is 0 Å². The Balaban J connectivity index is 1.35. The number of likely N-dealkylation sites (tertiary alicyclic amines) is 1. The molecule has 2 fully saturated rings. The van der Waals surface area contributed by atoms with E-state index in [0.29, 0.717) is 32.5 Å². The maximum Gasteiger partial charge on any atom is 0.147 e. The zero-order valence-corrected chi connectivity index (χ0v) is 21.9. The van der Waals surface area contributed by atoms with Crippen molar-refractivity contribution in [1.29, 1.82) is 0 Å². The number of rotatable bonds is 7. The van der Waals surface area contributed by atoms with Crippen molar-refractivity contribution in [1.82, 2.24) is 14.4 Å². The molecule has 4 aromatic rings. The number of halogens is 2. The third kappa shape index (κ3) is 5.14. The second kappa shape index (κ2) is 11.4. The number of aromatic nitrogens is 1. The number of morpholine rings is 1. The summed E-state index contributed by atoms with van der Waals surface area (Å²) in [6.45, 7) is 4.59. The number of hydrogen-bond donors (Lipinski definition) is 0. The maximum absolute atomic E-state index is 14.5. The first kappa shape index (κ1) is 25.9. The van der Waals surface area contributed by atoms with Crippen LogP contribution in [-0.4, -0.2) is 60.0 Å². The van der Waals surface area contributed by atoms with Gasteiger partial charge in [-0.25, -0.2) is 8.78 Å². The van der Waals surface area contributed by atoms with E-state index in [2.05, 4.69) is 62.9 Å². The van der Waals surface area contributed by atoms with E-state index in [1.54, 1.807) is 0 Å². The van der Waals surface area contributed by atoms with Gasteiger partial charge in [0.2, 0.25) is 0 Å². The Bertz CT molecular complexity index is 1430. The second-order valence-electron chi connectivity index (χ2n) is 10.5. The van der Waals surface area contributed by atoms with Crippen molar-refractivity contribution in [2.45, 2.75) is 31.5 Å². The number of nitrogens with zero attached hydrogens (tertiary/aromatic N) is 3. The highest BCUT2D eigenvalue weighted by atomic mass is 19.1. The van der Waals surface area contributed by atoms with Crippen molar-refractivity contribution in [3.63, 3.8) is 0 Å². The molecule has 6 rings (SSSR count). The Hall–Kier alpha value is -3.39. The molecule has 2 aliphatic rings. The molecule has 0 bridgehead atoms. The normalized spacial score (nSPS) is 19.5. The summed E-state index contributed by atoms with van der Waals surface area (Å²) in [6, 6.07) is 23.0. The van der Waals surface area contributed by atoms with E-state index >= 15 is 0 Å². The number of hydrogen-bond acceptors (Lipinski definition) is 4. The number of aldehydes is 1. The Morgan fingerprint density at radius 3 is 2.31 bits per heavy atom. The zero-order valence-electron chi connectivity index (χ0n) is 21.9. The van der Waals surface area contributed by atoms with Crippen molar-refractivity contribution < 1.29 is 18.3 Å². The zero-order chi connectivity index (χ0) is 26.8. The summed E-state index contributed by atoms with van der Waals surface area (Å²) in [6.07, 6.45) is 2.16. The van der Waals surface area contributed by atoms with Crippen LogP contribution in [0.15, 0.2) is 72.8 Å². The minimum atomic E-state index is -0.445. The summed E-state index contributed by atoms with van der Waals surface area (Å²) < 4.78 is 37.5. The lowest BCUT2D eigenvalue weighted by Gasteiger charge is -2.34. The molecule has 5 nitrogen and oxygen atoms in total.